The van der Waals surface area contributed by atoms with E-state index in [1.54, 1.807) is 0 Å². The van der Waals surface area contributed by atoms with Crippen LogP contribution in [0.25, 0.3) is 10.9 Å². The van der Waals surface area contributed by atoms with Crippen LogP contribution in [0.2, 0.25) is 0 Å². The number of benzene rings is 1. The molecule has 66 valence electrons. The van der Waals surface area contributed by atoms with E-state index in [1.165, 1.54) is 0 Å². The molecule has 2 heterocycles. The lowest BCUT2D eigenvalue weighted by molar-refractivity contribution is 1.05. The van der Waals surface area contributed by atoms with Crippen LogP contribution in [0.5, 0.6) is 0 Å². The SMILES string of the molecule is S=C1N=Nc2nnc3ccccc3c21. The second-order valence-electron chi connectivity index (χ2n) is 2.92. The Labute approximate surface area is 84.7 Å². The fourth-order valence-corrected chi connectivity index (χ4v) is 1.71. The first-order valence-corrected chi connectivity index (χ1v) is 4.48. The van der Waals surface area contributed by atoms with Crippen molar-refractivity contribution in [1.82, 2.24) is 10.2 Å². The molecule has 3 rings (SSSR count). The third kappa shape index (κ3) is 0.898. The molecule has 0 bridgehead atoms. The van der Waals surface area contributed by atoms with Crippen molar-refractivity contribution in [3.63, 3.8) is 0 Å². The molecule has 0 aliphatic carbocycles. The molecule has 0 fully saturated rings. The molecule has 0 atom stereocenters. The molecule has 0 saturated heterocycles. The Morgan fingerprint density at radius 3 is 2.79 bits per heavy atom. The molecule has 1 aromatic carbocycles. The summed E-state index contributed by atoms with van der Waals surface area (Å²) in [7, 11) is 0. The molecule has 1 aliphatic rings. The number of thiocarbonyl (C=S) groups is 1. The van der Waals surface area contributed by atoms with Gasteiger partial charge >= 0.3 is 0 Å². The topological polar surface area (TPSA) is 50.5 Å². The normalized spacial score (nSPS) is 13.6. The van der Waals surface area contributed by atoms with Crippen LogP contribution in [0.15, 0.2) is 34.5 Å². The van der Waals surface area contributed by atoms with Crippen molar-refractivity contribution >= 4 is 33.9 Å². The van der Waals surface area contributed by atoms with E-state index in [9.17, 15) is 0 Å². The number of azo groups is 1. The summed E-state index contributed by atoms with van der Waals surface area (Å²) >= 11 is 5.07. The summed E-state index contributed by atoms with van der Waals surface area (Å²) in [6.07, 6.45) is 0. The largest absolute Gasteiger partial charge is 0.207 e. The maximum atomic E-state index is 5.07. The van der Waals surface area contributed by atoms with Crippen LogP contribution in [0.4, 0.5) is 5.82 Å². The number of hydrogen-bond acceptors (Lipinski definition) is 4. The third-order valence-corrected chi connectivity index (χ3v) is 2.38. The zero-order valence-corrected chi connectivity index (χ0v) is 7.82. The first kappa shape index (κ1) is 7.64. The van der Waals surface area contributed by atoms with Gasteiger partial charge in [0.05, 0.1) is 11.1 Å². The summed E-state index contributed by atoms with van der Waals surface area (Å²) in [6, 6.07) is 7.69. The average molecular weight is 200 g/mol. The molecule has 1 aliphatic heterocycles. The molecule has 0 radical (unpaired) electrons. The van der Waals surface area contributed by atoms with Crippen LogP contribution in [0.1, 0.15) is 5.56 Å². The van der Waals surface area contributed by atoms with Gasteiger partial charge in [0.15, 0.2) is 4.99 Å². The third-order valence-electron chi connectivity index (χ3n) is 2.10. The first-order valence-electron chi connectivity index (χ1n) is 4.08. The minimum absolute atomic E-state index is 0.492. The maximum Gasteiger partial charge on any atom is 0.207 e. The van der Waals surface area contributed by atoms with Crippen LogP contribution in [-0.2, 0) is 0 Å². The average Bonchev–Trinajstić information content (AvgIpc) is 2.61. The molecule has 4 nitrogen and oxygen atoms in total. The standard InChI is InChI=1S/C9H4N4S/c14-9-7-5-3-1-2-4-6(5)10-11-8(7)12-13-9/h1-4H. The summed E-state index contributed by atoms with van der Waals surface area (Å²) in [6.45, 7) is 0. The van der Waals surface area contributed by atoms with Gasteiger partial charge in [-0.15, -0.1) is 20.4 Å². The zero-order valence-electron chi connectivity index (χ0n) is 7.01. The van der Waals surface area contributed by atoms with Gasteiger partial charge in [-0.1, -0.05) is 30.4 Å². The van der Waals surface area contributed by atoms with Gasteiger partial charge in [0.25, 0.3) is 0 Å². The predicted molar refractivity (Wildman–Crippen MR) is 55.8 cm³/mol. The smallest absolute Gasteiger partial charge is 0.148 e. The highest BCUT2D eigenvalue weighted by atomic mass is 32.1. The quantitative estimate of drug-likeness (QED) is 0.613. The number of aromatic nitrogens is 2. The fraction of sp³-hybridized carbons (Fsp3) is 0. The summed E-state index contributed by atoms with van der Waals surface area (Å²) in [4.78, 5) is 0.492. The number of nitrogens with zero attached hydrogens (tertiary/aromatic N) is 4. The Morgan fingerprint density at radius 1 is 1.00 bits per heavy atom. The number of rotatable bonds is 0. The second-order valence-corrected chi connectivity index (χ2v) is 3.31. The van der Waals surface area contributed by atoms with Gasteiger partial charge < -0.3 is 0 Å². The van der Waals surface area contributed by atoms with Crippen molar-refractivity contribution in [3.8, 4) is 0 Å². The first-order chi connectivity index (χ1) is 6.86. The number of hydrogen-bond donors (Lipinski definition) is 0. The highest BCUT2D eigenvalue weighted by molar-refractivity contribution is 7.80. The summed E-state index contributed by atoms with van der Waals surface area (Å²) in [5.41, 5.74) is 1.64. The monoisotopic (exact) mass is 200 g/mol. The van der Waals surface area contributed by atoms with E-state index >= 15 is 0 Å². The van der Waals surface area contributed by atoms with E-state index in [0.717, 1.165) is 16.5 Å². The van der Waals surface area contributed by atoms with Crippen LogP contribution >= 0.6 is 12.2 Å². The van der Waals surface area contributed by atoms with Gasteiger partial charge in [0, 0.05) is 5.39 Å². The van der Waals surface area contributed by atoms with Crippen LogP contribution in [0, 0.1) is 0 Å². The van der Waals surface area contributed by atoms with Gasteiger partial charge in [0.2, 0.25) is 5.82 Å². The highest BCUT2D eigenvalue weighted by Gasteiger charge is 2.18. The van der Waals surface area contributed by atoms with Crippen molar-refractivity contribution in [1.29, 1.82) is 0 Å². The van der Waals surface area contributed by atoms with E-state index < -0.39 is 0 Å². The van der Waals surface area contributed by atoms with Gasteiger partial charge in [-0.05, 0) is 6.07 Å². The molecular formula is C9H4N4S. The molecule has 2 aromatic rings. The zero-order chi connectivity index (χ0) is 9.54. The Balaban J connectivity index is 2.50. The van der Waals surface area contributed by atoms with E-state index in [-0.39, 0.29) is 0 Å². The maximum absolute atomic E-state index is 5.07. The molecular weight excluding hydrogens is 196 g/mol. The minimum atomic E-state index is 0.492. The lowest BCUT2D eigenvalue weighted by Gasteiger charge is -1.99. The number of fused-ring (bicyclic) bond motifs is 3. The van der Waals surface area contributed by atoms with E-state index in [2.05, 4.69) is 20.4 Å². The van der Waals surface area contributed by atoms with Crippen LogP contribution < -0.4 is 0 Å². The summed E-state index contributed by atoms with van der Waals surface area (Å²) in [5.74, 6) is 0.522. The minimum Gasteiger partial charge on any atom is -0.148 e. The molecule has 0 N–H and O–H groups in total. The van der Waals surface area contributed by atoms with Crippen molar-refractivity contribution in [2.24, 2.45) is 10.2 Å². The van der Waals surface area contributed by atoms with Crippen molar-refractivity contribution in [3.05, 3.63) is 29.8 Å². The van der Waals surface area contributed by atoms with Gasteiger partial charge in [-0.3, -0.25) is 0 Å². The molecule has 1 aromatic heterocycles. The highest BCUT2D eigenvalue weighted by Crippen LogP contribution is 2.30. The molecule has 14 heavy (non-hydrogen) atoms. The Kier molecular flexibility index (Phi) is 1.43. The van der Waals surface area contributed by atoms with Crippen LogP contribution in [0.3, 0.4) is 0 Å². The van der Waals surface area contributed by atoms with Crippen molar-refractivity contribution in [2.75, 3.05) is 0 Å². The summed E-state index contributed by atoms with van der Waals surface area (Å²) in [5, 5.41) is 16.6. The molecule has 0 saturated carbocycles. The van der Waals surface area contributed by atoms with Gasteiger partial charge in [0.1, 0.15) is 0 Å². The van der Waals surface area contributed by atoms with Crippen molar-refractivity contribution in [2.45, 2.75) is 0 Å². The predicted octanol–water partition coefficient (Wildman–Crippen LogP) is 2.40. The van der Waals surface area contributed by atoms with Crippen LogP contribution in [-0.4, -0.2) is 15.2 Å². The van der Waals surface area contributed by atoms with E-state index in [4.69, 9.17) is 12.2 Å². The lowest BCUT2D eigenvalue weighted by atomic mass is 10.1. The Morgan fingerprint density at radius 2 is 1.86 bits per heavy atom. The summed E-state index contributed by atoms with van der Waals surface area (Å²) < 4.78 is 0. The second kappa shape index (κ2) is 2.62. The van der Waals surface area contributed by atoms with E-state index in [0.29, 0.717) is 10.8 Å². The Bertz CT molecular complexity index is 576. The van der Waals surface area contributed by atoms with E-state index in [1.807, 2.05) is 24.3 Å². The molecule has 0 amide bonds. The van der Waals surface area contributed by atoms with Crippen molar-refractivity contribution < 1.29 is 0 Å². The lowest BCUT2D eigenvalue weighted by Crippen LogP contribution is -1.93. The van der Waals surface area contributed by atoms with Gasteiger partial charge in [-0.25, -0.2) is 0 Å². The Hall–Kier alpha value is -1.75. The molecule has 0 spiro atoms. The fourth-order valence-electron chi connectivity index (χ4n) is 1.47. The molecule has 5 heteroatoms. The van der Waals surface area contributed by atoms with Gasteiger partial charge in [-0.2, -0.15) is 0 Å². The molecule has 0 unspecified atom stereocenters.